The molecule has 0 unspecified atom stereocenters. The molecule has 4 heteroatoms. The number of alkyl halides is 1. The molecule has 1 N–H and O–H groups in total. The fourth-order valence-electron chi connectivity index (χ4n) is 2.23. The van der Waals surface area contributed by atoms with E-state index in [9.17, 15) is 9.67 Å². The highest BCUT2D eigenvalue weighted by Gasteiger charge is 2.31. The van der Waals surface area contributed by atoms with Crippen LogP contribution in [0.3, 0.4) is 0 Å². The maximum absolute atomic E-state index is 13.9. The lowest BCUT2D eigenvalue weighted by molar-refractivity contribution is 0.338. The summed E-state index contributed by atoms with van der Waals surface area (Å²) in [5.41, 5.74) is 3.79. The molecule has 0 saturated carbocycles. The van der Waals surface area contributed by atoms with Gasteiger partial charge in [-0.15, -0.1) is 17.3 Å². The molecular weight excluding hydrogens is 315 g/mol. The van der Waals surface area contributed by atoms with Gasteiger partial charge in [-0.05, 0) is 12.5 Å². The Balaban J connectivity index is 2.78. The van der Waals surface area contributed by atoms with Crippen LogP contribution in [0, 0.1) is 0 Å². The second-order valence-corrected chi connectivity index (χ2v) is 7.98. The van der Waals surface area contributed by atoms with Crippen LogP contribution in [0.2, 0.25) is 0 Å². The first-order valence-corrected chi connectivity index (χ1v) is 9.21. The van der Waals surface area contributed by atoms with Crippen molar-refractivity contribution >= 4 is 29.4 Å². The number of benzene rings is 2. The van der Waals surface area contributed by atoms with Gasteiger partial charge in [0.1, 0.15) is 0 Å². The predicted molar refractivity (Wildman–Crippen MR) is 93.8 cm³/mol. The van der Waals surface area contributed by atoms with Gasteiger partial charge >= 0.3 is 0 Å². The van der Waals surface area contributed by atoms with E-state index in [-0.39, 0.29) is 12.5 Å². The summed E-state index contributed by atoms with van der Waals surface area (Å²) >= 11 is 5.81. The van der Waals surface area contributed by atoms with Gasteiger partial charge in [0.2, 0.25) is 0 Å². The van der Waals surface area contributed by atoms with Crippen molar-refractivity contribution in [3.05, 3.63) is 77.3 Å². The molecule has 0 saturated heterocycles. The summed E-state index contributed by atoms with van der Waals surface area (Å²) in [7, 11) is -3.13. The monoisotopic (exact) mass is 332 g/mol. The van der Waals surface area contributed by atoms with Crippen LogP contribution in [-0.2, 0) is 4.57 Å². The molecule has 22 heavy (non-hydrogen) atoms. The molecule has 0 aliphatic carbocycles. The van der Waals surface area contributed by atoms with E-state index in [1.807, 2.05) is 67.6 Å². The lowest BCUT2D eigenvalue weighted by atomic mass is 10.3. The average molecular weight is 333 g/mol. The molecule has 0 heterocycles. The molecule has 2 rings (SSSR count). The molecule has 0 bridgehead atoms. The summed E-state index contributed by atoms with van der Waals surface area (Å²) in [6, 6.07) is 18.4. The summed E-state index contributed by atoms with van der Waals surface area (Å²) < 4.78 is 13.9. The van der Waals surface area contributed by atoms with Gasteiger partial charge in [0.15, 0.2) is 7.14 Å². The molecule has 2 aromatic carbocycles. The Labute approximate surface area is 136 Å². The molecule has 0 aromatic heterocycles. The third-order valence-corrected chi connectivity index (χ3v) is 6.79. The molecule has 0 aliphatic heterocycles. The number of aliphatic hydroxyl groups excluding tert-OH is 1. The highest BCUT2D eigenvalue weighted by molar-refractivity contribution is 7.82. The van der Waals surface area contributed by atoms with Crippen molar-refractivity contribution in [2.24, 2.45) is 0 Å². The van der Waals surface area contributed by atoms with Crippen LogP contribution >= 0.6 is 18.7 Å². The lowest BCUT2D eigenvalue weighted by Gasteiger charge is -2.20. The number of halogens is 1. The topological polar surface area (TPSA) is 37.3 Å². The van der Waals surface area contributed by atoms with Crippen molar-refractivity contribution in [1.82, 2.24) is 0 Å². The smallest absolute Gasteiger partial charge is 0.176 e. The summed E-state index contributed by atoms with van der Waals surface area (Å²) in [6.07, 6.45) is 0. The van der Waals surface area contributed by atoms with Gasteiger partial charge in [-0.1, -0.05) is 60.7 Å². The fourth-order valence-corrected chi connectivity index (χ4v) is 4.95. The minimum atomic E-state index is -3.13. The number of hydrogen-bond donors (Lipinski definition) is 1. The zero-order valence-electron chi connectivity index (χ0n) is 12.4. The standard InChI is InChI=1S/C18H18ClO2P/c1-15(13-19)12-18(14-20)22(21,16-8-4-2-5-9-16)17-10-6-3-7-11-17/h2-11,20H,13-14H2,1H3. The maximum atomic E-state index is 13.9. The third kappa shape index (κ3) is 3.43. The average Bonchev–Trinajstić information content (AvgIpc) is 2.60. The molecule has 0 aliphatic rings. The van der Waals surface area contributed by atoms with E-state index in [2.05, 4.69) is 5.73 Å². The zero-order chi connectivity index (χ0) is 16.0. The van der Waals surface area contributed by atoms with Crippen molar-refractivity contribution in [3.8, 4) is 0 Å². The Morgan fingerprint density at radius 3 is 1.86 bits per heavy atom. The van der Waals surface area contributed by atoms with E-state index < -0.39 is 7.14 Å². The Bertz CT molecular complexity index is 689. The van der Waals surface area contributed by atoms with Crippen molar-refractivity contribution in [3.63, 3.8) is 0 Å². The van der Waals surface area contributed by atoms with Crippen molar-refractivity contribution in [2.45, 2.75) is 6.92 Å². The SMILES string of the molecule is CC(=C=C(CO)P(=O)(c1ccccc1)c1ccccc1)CCl. The van der Waals surface area contributed by atoms with Crippen LogP contribution in [0.15, 0.2) is 77.3 Å². The quantitative estimate of drug-likeness (QED) is 0.515. The normalized spacial score (nSPS) is 10.9. The molecule has 2 nitrogen and oxygen atoms in total. The molecule has 0 atom stereocenters. The van der Waals surface area contributed by atoms with Gasteiger partial charge in [0.05, 0.1) is 17.8 Å². The van der Waals surface area contributed by atoms with Crippen molar-refractivity contribution in [1.29, 1.82) is 0 Å². The van der Waals surface area contributed by atoms with E-state index in [1.54, 1.807) is 0 Å². The van der Waals surface area contributed by atoms with Crippen LogP contribution in [0.5, 0.6) is 0 Å². The van der Waals surface area contributed by atoms with Crippen LogP contribution in [0.4, 0.5) is 0 Å². The first-order chi connectivity index (χ1) is 10.6. The van der Waals surface area contributed by atoms with E-state index in [0.29, 0.717) is 15.9 Å². The Kier molecular flexibility index (Phi) is 5.83. The van der Waals surface area contributed by atoms with Gasteiger partial charge in [0, 0.05) is 10.6 Å². The van der Waals surface area contributed by atoms with Crippen LogP contribution < -0.4 is 10.6 Å². The summed E-state index contributed by atoms with van der Waals surface area (Å²) in [6.45, 7) is 1.48. The summed E-state index contributed by atoms with van der Waals surface area (Å²) in [5, 5.41) is 11.5. The van der Waals surface area contributed by atoms with Gasteiger partial charge in [-0.2, -0.15) is 0 Å². The number of aliphatic hydroxyl groups is 1. The van der Waals surface area contributed by atoms with E-state index >= 15 is 0 Å². The van der Waals surface area contributed by atoms with Crippen molar-refractivity contribution in [2.75, 3.05) is 12.5 Å². The molecule has 0 spiro atoms. The molecule has 0 amide bonds. The Morgan fingerprint density at radius 2 is 1.50 bits per heavy atom. The Hall–Kier alpha value is -1.56. The van der Waals surface area contributed by atoms with E-state index in [0.717, 1.165) is 5.57 Å². The van der Waals surface area contributed by atoms with Gasteiger partial charge in [0.25, 0.3) is 0 Å². The van der Waals surface area contributed by atoms with Crippen LogP contribution in [-0.4, -0.2) is 17.6 Å². The number of hydrogen-bond acceptors (Lipinski definition) is 2. The molecule has 2 aromatic rings. The Morgan fingerprint density at radius 1 is 1.05 bits per heavy atom. The molecule has 0 radical (unpaired) electrons. The zero-order valence-corrected chi connectivity index (χ0v) is 14.0. The largest absolute Gasteiger partial charge is 0.391 e. The number of rotatable bonds is 5. The minimum Gasteiger partial charge on any atom is -0.391 e. The lowest BCUT2D eigenvalue weighted by Crippen LogP contribution is -2.18. The second kappa shape index (κ2) is 7.63. The fraction of sp³-hybridized carbons (Fsp3) is 0.167. The third-order valence-electron chi connectivity index (χ3n) is 3.33. The van der Waals surface area contributed by atoms with Crippen LogP contribution in [0.25, 0.3) is 0 Å². The highest BCUT2D eigenvalue weighted by Crippen LogP contribution is 2.51. The maximum Gasteiger partial charge on any atom is 0.176 e. The molecular formula is C18H18ClO2P. The van der Waals surface area contributed by atoms with E-state index in [1.165, 1.54) is 0 Å². The molecule has 114 valence electrons. The first kappa shape index (κ1) is 16.8. The summed E-state index contributed by atoms with van der Waals surface area (Å²) in [4.78, 5) is 0. The highest BCUT2D eigenvalue weighted by atomic mass is 35.5. The minimum absolute atomic E-state index is 0.285. The van der Waals surface area contributed by atoms with Gasteiger partial charge in [-0.25, -0.2) is 0 Å². The van der Waals surface area contributed by atoms with Gasteiger partial charge in [-0.3, -0.25) is 0 Å². The van der Waals surface area contributed by atoms with Crippen molar-refractivity contribution < 1.29 is 9.67 Å². The van der Waals surface area contributed by atoms with E-state index in [4.69, 9.17) is 11.6 Å². The predicted octanol–water partition coefficient (Wildman–Crippen LogP) is 3.66. The second-order valence-electron chi connectivity index (χ2n) is 4.92. The van der Waals surface area contributed by atoms with Gasteiger partial charge < -0.3 is 9.67 Å². The van der Waals surface area contributed by atoms with Crippen LogP contribution in [0.1, 0.15) is 6.92 Å². The molecule has 0 fully saturated rings. The summed E-state index contributed by atoms with van der Waals surface area (Å²) in [5.74, 6) is 0.285. The first-order valence-electron chi connectivity index (χ1n) is 6.97.